The zero-order chi connectivity index (χ0) is 15.4. The van der Waals surface area contributed by atoms with Gasteiger partial charge in [0.15, 0.2) is 0 Å². The lowest BCUT2D eigenvalue weighted by atomic mass is 10.3. The first-order valence-corrected chi connectivity index (χ1v) is 7.56. The van der Waals surface area contributed by atoms with Crippen LogP contribution in [0.15, 0.2) is 27.0 Å². The number of thiophene rings is 1. The highest BCUT2D eigenvalue weighted by Gasteiger charge is 2.11. The maximum absolute atomic E-state index is 11.7. The van der Waals surface area contributed by atoms with Gasteiger partial charge in [0.1, 0.15) is 10.7 Å². The molecule has 2 aromatic rings. The number of thioether (sulfide) groups is 1. The summed E-state index contributed by atoms with van der Waals surface area (Å²) in [4.78, 5) is 40.6. The molecule has 8 nitrogen and oxygen atoms in total. The predicted octanol–water partition coefficient (Wildman–Crippen LogP) is 1.24. The largest absolute Gasteiger partial charge is 0.382 e. The number of aromatic amines is 1. The van der Waals surface area contributed by atoms with Crippen LogP contribution in [0.25, 0.3) is 0 Å². The number of carbonyl (C=O) groups excluding carboxylic acids is 1. The maximum atomic E-state index is 11.7. The summed E-state index contributed by atoms with van der Waals surface area (Å²) in [7, 11) is 0. The van der Waals surface area contributed by atoms with Gasteiger partial charge in [0.2, 0.25) is 5.95 Å². The van der Waals surface area contributed by atoms with E-state index in [2.05, 4.69) is 15.1 Å². The van der Waals surface area contributed by atoms with Gasteiger partial charge in [0, 0.05) is 15.8 Å². The van der Waals surface area contributed by atoms with E-state index in [1.165, 1.54) is 23.1 Å². The second kappa shape index (κ2) is 6.50. The number of nitroso groups, excluding NO2 is 1. The van der Waals surface area contributed by atoms with Gasteiger partial charge in [0.25, 0.3) is 5.56 Å². The Morgan fingerprint density at radius 3 is 2.86 bits per heavy atom. The normalized spacial score (nSPS) is 10.5. The van der Waals surface area contributed by atoms with Crippen LogP contribution in [0.1, 0.15) is 14.5 Å². The van der Waals surface area contributed by atoms with Crippen LogP contribution in [0.2, 0.25) is 0 Å². The van der Waals surface area contributed by atoms with Crippen LogP contribution >= 0.6 is 23.1 Å². The van der Waals surface area contributed by atoms with E-state index in [4.69, 9.17) is 11.5 Å². The van der Waals surface area contributed by atoms with Crippen molar-refractivity contribution in [2.24, 2.45) is 5.18 Å². The van der Waals surface area contributed by atoms with E-state index >= 15 is 0 Å². The van der Waals surface area contributed by atoms with Crippen molar-refractivity contribution in [3.63, 3.8) is 0 Å². The number of nitrogens with zero attached hydrogens (tertiary/aromatic N) is 2. The number of H-pyrrole nitrogens is 1. The minimum Gasteiger partial charge on any atom is -0.382 e. The molecule has 0 atom stereocenters. The molecule has 0 aliphatic rings. The number of amides is 1. The summed E-state index contributed by atoms with van der Waals surface area (Å²) in [6.45, 7) is 0. The minimum absolute atomic E-state index is 0.0235. The summed E-state index contributed by atoms with van der Waals surface area (Å²) in [6, 6.07) is 3.30. The van der Waals surface area contributed by atoms with Crippen molar-refractivity contribution in [2.45, 2.75) is 11.3 Å². The quantitative estimate of drug-likeness (QED) is 0.554. The second-order valence-electron chi connectivity index (χ2n) is 3.93. The molecule has 0 aliphatic carbocycles. The fraction of sp³-hybridized carbons (Fsp3) is 0.182. The topological polar surface area (TPSA) is 144 Å². The van der Waals surface area contributed by atoms with Gasteiger partial charge >= 0.3 is 5.91 Å². The number of nitrogen functional groups attached to an aromatic ring is 2. The molecule has 0 unspecified atom stereocenters. The summed E-state index contributed by atoms with van der Waals surface area (Å²) in [5, 5.41) is 2.37. The summed E-state index contributed by atoms with van der Waals surface area (Å²) in [5.41, 5.74) is 10.6. The average molecular weight is 325 g/mol. The number of hydrogen-bond donors (Lipinski definition) is 3. The molecular weight excluding hydrogens is 314 g/mol. The molecule has 21 heavy (non-hydrogen) atoms. The molecule has 10 heteroatoms. The van der Waals surface area contributed by atoms with E-state index in [9.17, 15) is 14.5 Å². The molecule has 5 N–H and O–H groups in total. The zero-order valence-electron chi connectivity index (χ0n) is 10.7. The third kappa shape index (κ3) is 3.67. The Morgan fingerprint density at radius 2 is 2.19 bits per heavy atom. The van der Waals surface area contributed by atoms with Gasteiger partial charge < -0.3 is 11.5 Å². The van der Waals surface area contributed by atoms with Crippen LogP contribution in [0.5, 0.6) is 0 Å². The van der Waals surface area contributed by atoms with Gasteiger partial charge in [-0.05, 0) is 18.6 Å². The first-order valence-electron chi connectivity index (χ1n) is 5.75. The highest BCUT2D eigenvalue weighted by Crippen LogP contribution is 2.23. The van der Waals surface area contributed by atoms with Gasteiger partial charge in [-0.25, -0.2) is 0 Å². The first-order chi connectivity index (χ1) is 10.0. The fourth-order valence-electron chi connectivity index (χ4n) is 1.56. The molecule has 0 bridgehead atoms. The summed E-state index contributed by atoms with van der Waals surface area (Å²) >= 11 is 2.45. The number of rotatable bonds is 5. The van der Waals surface area contributed by atoms with E-state index in [1.54, 1.807) is 12.1 Å². The van der Waals surface area contributed by atoms with Crippen molar-refractivity contribution in [3.05, 3.63) is 37.1 Å². The van der Waals surface area contributed by atoms with Crippen molar-refractivity contribution in [3.8, 4) is 0 Å². The lowest BCUT2D eigenvalue weighted by Crippen LogP contribution is -2.16. The van der Waals surface area contributed by atoms with Gasteiger partial charge in [-0.15, -0.1) is 28.0 Å². The monoisotopic (exact) mass is 325 g/mol. The number of hydrogen-bond acceptors (Lipinski definition) is 8. The van der Waals surface area contributed by atoms with Crippen molar-refractivity contribution in [1.82, 2.24) is 9.97 Å². The van der Waals surface area contributed by atoms with Crippen molar-refractivity contribution >= 4 is 40.8 Å². The summed E-state index contributed by atoms with van der Waals surface area (Å²) < 4.78 is 0. The van der Waals surface area contributed by atoms with Crippen molar-refractivity contribution in [2.75, 3.05) is 17.2 Å². The molecule has 110 valence electrons. The van der Waals surface area contributed by atoms with E-state index in [0.717, 1.165) is 4.88 Å². The van der Waals surface area contributed by atoms with Crippen LogP contribution in [-0.2, 0) is 6.42 Å². The average Bonchev–Trinajstić information content (AvgIpc) is 2.89. The number of aromatic nitrogens is 2. The smallest absolute Gasteiger partial charge is 0.326 e. The van der Waals surface area contributed by atoms with Crippen LogP contribution in [-0.4, -0.2) is 21.6 Å². The number of aryl methyl sites for hydroxylation is 1. The summed E-state index contributed by atoms with van der Waals surface area (Å²) in [6.07, 6.45) is 0.616. The summed E-state index contributed by atoms with van der Waals surface area (Å²) in [5.74, 6) is -0.137. The van der Waals surface area contributed by atoms with Gasteiger partial charge in [0.05, 0.1) is 4.88 Å². The number of anilines is 2. The third-order valence-corrected chi connectivity index (χ3v) is 4.70. The molecule has 0 spiro atoms. The van der Waals surface area contributed by atoms with E-state index < -0.39 is 5.91 Å². The Bertz CT molecular complexity index is 740. The first kappa shape index (κ1) is 15.2. The third-order valence-electron chi connectivity index (χ3n) is 2.47. The minimum atomic E-state index is -0.776. The molecule has 0 aromatic carbocycles. The Kier molecular flexibility index (Phi) is 4.70. The molecule has 1 amide bonds. The SMILES string of the molecule is Nc1nc(N)c(SCCc2ccc(C(=O)N=O)s2)c(=O)[nH]1. The Balaban J connectivity index is 1.99. The number of carbonyl (C=O) groups is 1. The van der Waals surface area contributed by atoms with E-state index in [-0.39, 0.29) is 17.3 Å². The number of nitrogens with two attached hydrogens (primary N) is 2. The molecule has 0 saturated carbocycles. The highest BCUT2D eigenvalue weighted by molar-refractivity contribution is 7.99. The Morgan fingerprint density at radius 1 is 1.43 bits per heavy atom. The zero-order valence-corrected chi connectivity index (χ0v) is 12.3. The molecular formula is C11H11N5O3S2. The maximum Gasteiger partial charge on any atom is 0.326 e. The molecule has 0 saturated heterocycles. The van der Waals surface area contributed by atoms with Gasteiger partial charge in [-0.3, -0.25) is 14.6 Å². The van der Waals surface area contributed by atoms with Gasteiger partial charge in [-0.1, -0.05) is 0 Å². The van der Waals surface area contributed by atoms with Crippen LogP contribution in [0.4, 0.5) is 11.8 Å². The molecule has 0 radical (unpaired) electrons. The van der Waals surface area contributed by atoms with Crippen LogP contribution in [0, 0.1) is 4.91 Å². The number of nitrogens with one attached hydrogen (secondary N) is 1. The molecule has 0 aliphatic heterocycles. The van der Waals surface area contributed by atoms with Gasteiger partial charge in [-0.2, -0.15) is 4.98 Å². The van der Waals surface area contributed by atoms with E-state index in [0.29, 0.717) is 21.9 Å². The molecule has 2 heterocycles. The lowest BCUT2D eigenvalue weighted by Gasteiger charge is -2.03. The second-order valence-corrected chi connectivity index (χ2v) is 6.20. The predicted molar refractivity (Wildman–Crippen MR) is 82.6 cm³/mol. The molecule has 0 fully saturated rings. The Labute approximate surface area is 126 Å². The van der Waals surface area contributed by atoms with Crippen molar-refractivity contribution < 1.29 is 4.79 Å². The standard InChI is InChI=1S/C11H11N5O3S2/c12-8-7(10(18)15-11(13)14-8)20-4-3-5-1-2-6(21-5)9(17)16-19/h1-2H,3-4H2,(H5,12,13,14,15,18). The highest BCUT2D eigenvalue weighted by atomic mass is 32.2. The molecule has 2 rings (SSSR count). The lowest BCUT2D eigenvalue weighted by molar-refractivity contribution is 0.100. The Hall–Kier alpha value is -2.20. The van der Waals surface area contributed by atoms with Crippen molar-refractivity contribution in [1.29, 1.82) is 0 Å². The molecule has 2 aromatic heterocycles. The van der Waals surface area contributed by atoms with E-state index in [1.807, 2.05) is 0 Å². The van der Waals surface area contributed by atoms with Crippen LogP contribution in [0.3, 0.4) is 0 Å². The fourth-order valence-corrected chi connectivity index (χ4v) is 3.48. The van der Waals surface area contributed by atoms with Crippen LogP contribution < -0.4 is 17.0 Å².